The molecule has 0 radical (unpaired) electrons. The molecule has 30 heavy (non-hydrogen) atoms. The van der Waals surface area contributed by atoms with Crippen LogP contribution in [0.4, 0.5) is 0 Å². The van der Waals surface area contributed by atoms with E-state index in [4.69, 9.17) is 29.2 Å². The average molecular weight is 419 g/mol. The molecular weight excluding hydrogens is 394 g/mol. The Bertz CT molecular complexity index is 806. The van der Waals surface area contributed by atoms with Gasteiger partial charge in [0.25, 0.3) is 0 Å². The maximum Gasteiger partial charge on any atom is 0.339 e. The van der Waals surface area contributed by atoms with E-state index in [9.17, 15) is 9.59 Å². The van der Waals surface area contributed by atoms with Crippen molar-refractivity contribution in [2.45, 2.75) is 24.7 Å². The standard InChI is InChI=1S/C21H25NO8/c23-7-6-22-20(25)15-11-17-19(29-13-28-17)18(12-15)30-21(26)16-4-2-1-3-14(16)5-9-27-10-8-24/h1-5,9,11,17-19,23-24H,6-8,10,12-13H2,(H,22,25)/t17-,18-,19-/m1/s1. The lowest BCUT2D eigenvalue weighted by Crippen LogP contribution is -2.43. The maximum absolute atomic E-state index is 12.9. The van der Waals surface area contributed by atoms with Crippen LogP contribution in [0.2, 0.25) is 0 Å². The first-order valence-corrected chi connectivity index (χ1v) is 9.66. The third-order valence-electron chi connectivity index (χ3n) is 4.68. The van der Waals surface area contributed by atoms with Crippen LogP contribution in [0.3, 0.4) is 0 Å². The lowest BCUT2D eigenvalue weighted by atomic mass is 9.91. The van der Waals surface area contributed by atoms with Crippen LogP contribution in [-0.2, 0) is 23.7 Å². The van der Waals surface area contributed by atoms with Gasteiger partial charge in [0.05, 0.1) is 25.0 Å². The molecule has 1 aromatic carbocycles. The van der Waals surface area contributed by atoms with Crippen LogP contribution in [0, 0.1) is 0 Å². The van der Waals surface area contributed by atoms with Crippen LogP contribution in [0.15, 0.2) is 42.2 Å². The molecule has 0 saturated carbocycles. The normalized spacial score (nSPS) is 23.0. The van der Waals surface area contributed by atoms with Crippen molar-refractivity contribution in [3.63, 3.8) is 0 Å². The number of carbonyl (C=O) groups is 2. The van der Waals surface area contributed by atoms with E-state index in [0.29, 0.717) is 16.7 Å². The summed E-state index contributed by atoms with van der Waals surface area (Å²) in [7, 11) is 0. The van der Waals surface area contributed by atoms with Crippen molar-refractivity contribution in [2.75, 3.05) is 33.2 Å². The van der Waals surface area contributed by atoms with Gasteiger partial charge in [-0.25, -0.2) is 4.79 Å². The van der Waals surface area contributed by atoms with E-state index >= 15 is 0 Å². The first-order chi connectivity index (χ1) is 14.6. The monoisotopic (exact) mass is 419 g/mol. The van der Waals surface area contributed by atoms with E-state index in [0.717, 1.165) is 0 Å². The summed E-state index contributed by atoms with van der Waals surface area (Å²) in [4.78, 5) is 25.2. The van der Waals surface area contributed by atoms with Gasteiger partial charge < -0.3 is 34.5 Å². The van der Waals surface area contributed by atoms with E-state index in [1.54, 1.807) is 36.4 Å². The molecule has 1 heterocycles. The molecule has 0 unspecified atom stereocenters. The number of ether oxygens (including phenoxy) is 4. The third-order valence-corrected chi connectivity index (χ3v) is 4.68. The zero-order valence-corrected chi connectivity index (χ0v) is 16.4. The molecule has 1 aliphatic heterocycles. The summed E-state index contributed by atoms with van der Waals surface area (Å²) in [6.45, 7) is 0.0492. The molecule has 9 heteroatoms. The Balaban J connectivity index is 1.72. The average Bonchev–Trinajstić information content (AvgIpc) is 3.24. The van der Waals surface area contributed by atoms with Crippen molar-refractivity contribution in [2.24, 2.45) is 0 Å². The Labute approximate surface area is 173 Å². The summed E-state index contributed by atoms with van der Waals surface area (Å²) in [5, 5.41) is 20.3. The van der Waals surface area contributed by atoms with Crippen LogP contribution in [0.25, 0.3) is 6.08 Å². The van der Waals surface area contributed by atoms with Gasteiger partial charge in [0.15, 0.2) is 0 Å². The first kappa shape index (κ1) is 22.0. The summed E-state index contributed by atoms with van der Waals surface area (Å²) in [5.41, 5.74) is 1.34. The molecule has 3 atom stereocenters. The number of rotatable bonds is 9. The number of benzene rings is 1. The lowest BCUT2D eigenvalue weighted by Gasteiger charge is -2.30. The van der Waals surface area contributed by atoms with Crippen LogP contribution in [-0.4, -0.2) is 73.6 Å². The van der Waals surface area contributed by atoms with Gasteiger partial charge in [-0.3, -0.25) is 4.79 Å². The molecule has 0 aromatic heterocycles. The van der Waals surface area contributed by atoms with Gasteiger partial charge in [-0.15, -0.1) is 0 Å². The quantitative estimate of drug-likeness (QED) is 0.298. The predicted molar refractivity (Wildman–Crippen MR) is 105 cm³/mol. The highest BCUT2D eigenvalue weighted by atomic mass is 16.7. The highest BCUT2D eigenvalue weighted by Gasteiger charge is 2.42. The number of nitrogens with one attached hydrogen (secondary N) is 1. The fourth-order valence-electron chi connectivity index (χ4n) is 3.28. The number of hydrogen-bond donors (Lipinski definition) is 3. The molecular formula is C21H25NO8. The van der Waals surface area contributed by atoms with Crippen molar-refractivity contribution in [1.29, 1.82) is 0 Å². The van der Waals surface area contributed by atoms with Gasteiger partial charge in [-0.1, -0.05) is 18.2 Å². The van der Waals surface area contributed by atoms with Crippen molar-refractivity contribution in [1.82, 2.24) is 5.32 Å². The van der Waals surface area contributed by atoms with Crippen molar-refractivity contribution >= 4 is 18.0 Å². The Hall–Kier alpha value is -2.72. The summed E-state index contributed by atoms with van der Waals surface area (Å²) in [5.74, 6) is -0.905. The van der Waals surface area contributed by atoms with Crippen molar-refractivity contribution < 1.29 is 38.7 Å². The van der Waals surface area contributed by atoms with Gasteiger partial charge in [0, 0.05) is 18.5 Å². The number of hydrogen-bond acceptors (Lipinski definition) is 8. The minimum atomic E-state index is -0.701. The summed E-state index contributed by atoms with van der Waals surface area (Å²) in [6.07, 6.45) is 3.16. The molecule has 1 amide bonds. The zero-order valence-electron chi connectivity index (χ0n) is 16.4. The summed E-state index contributed by atoms with van der Waals surface area (Å²) in [6, 6.07) is 6.86. The Morgan fingerprint density at radius 3 is 2.83 bits per heavy atom. The van der Waals surface area contributed by atoms with Gasteiger partial charge in [-0.2, -0.15) is 0 Å². The molecule has 1 aromatic rings. The Kier molecular flexibility index (Phi) is 7.97. The van der Waals surface area contributed by atoms with Crippen LogP contribution >= 0.6 is 0 Å². The van der Waals surface area contributed by atoms with Crippen LogP contribution < -0.4 is 5.32 Å². The predicted octanol–water partition coefficient (Wildman–Crippen LogP) is 0.372. The van der Waals surface area contributed by atoms with E-state index in [-0.39, 0.29) is 45.5 Å². The molecule has 1 aliphatic carbocycles. The third kappa shape index (κ3) is 5.45. The molecule has 162 valence electrons. The minimum absolute atomic E-state index is 0.0486. The molecule has 3 N–H and O–H groups in total. The molecule has 1 fully saturated rings. The molecule has 1 saturated heterocycles. The zero-order chi connectivity index (χ0) is 21.3. The number of fused-ring (bicyclic) bond motifs is 1. The number of amides is 1. The van der Waals surface area contributed by atoms with E-state index in [1.807, 2.05) is 0 Å². The maximum atomic E-state index is 12.9. The smallest absolute Gasteiger partial charge is 0.339 e. The number of aliphatic hydroxyl groups excluding tert-OH is 2. The molecule has 2 aliphatic rings. The summed E-state index contributed by atoms with van der Waals surface area (Å²) < 4.78 is 21.9. The largest absolute Gasteiger partial charge is 0.499 e. The number of aliphatic hydroxyl groups is 2. The highest BCUT2D eigenvalue weighted by Crippen LogP contribution is 2.31. The van der Waals surface area contributed by atoms with Gasteiger partial charge in [-0.05, 0) is 23.8 Å². The Morgan fingerprint density at radius 2 is 2.03 bits per heavy atom. The van der Waals surface area contributed by atoms with Crippen LogP contribution in [0.5, 0.6) is 0 Å². The summed E-state index contributed by atoms with van der Waals surface area (Å²) >= 11 is 0. The SMILES string of the molecule is O=C(NCCO)C1=C[C@H]2OCO[C@H]2[C@H](OC(=O)c2ccccc2C=COCCO)C1. The fourth-order valence-corrected chi connectivity index (χ4v) is 3.28. The van der Waals surface area contributed by atoms with Crippen LogP contribution in [0.1, 0.15) is 22.3 Å². The Morgan fingerprint density at radius 1 is 1.20 bits per heavy atom. The molecule has 0 spiro atoms. The van der Waals surface area contributed by atoms with Gasteiger partial charge >= 0.3 is 5.97 Å². The topological polar surface area (TPSA) is 124 Å². The van der Waals surface area contributed by atoms with E-state index in [2.05, 4.69) is 5.32 Å². The van der Waals surface area contributed by atoms with Crippen molar-refractivity contribution in [3.8, 4) is 0 Å². The number of carbonyl (C=O) groups excluding carboxylic acids is 2. The van der Waals surface area contributed by atoms with Gasteiger partial charge in [0.2, 0.25) is 5.91 Å². The van der Waals surface area contributed by atoms with Gasteiger partial charge in [0.1, 0.15) is 31.7 Å². The number of esters is 1. The van der Waals surface area contributed by atoms with E-state index in [1.165, 1.54) is 6.26 Å². The molecule has 3 rings (SSSR count). The second-order valence-corrected chi connectivity index (χ2v) is 6.68. The molecule has 0 bridgehead atoms. The molecule has 9 nitrogen and oxygen atoms in total. The minimum Gasteiger partial charge on any atom is -0.499 e. The van der Waals surface area contributed by atoms with E-state index < -0.39 is 24.3 Å². The lowest BCUT2D eigenvalue weighted by molar-refractivity contribution is -0.118. The second-order valence-electron chi connectivity index (χ2n) is 6.68. The van der Waals surface area contributed by atoms with Crippen molar-refractivity contribution in [3.05, 3.63) is 53.3 Å². The highest BCUT2D eigenvalue weighted by molar-refractivity contribution is 5.95. The first-order valence-electron chi connectivity index (χ1n) is 9.66. The second kappa shape index (κ2) is 10.9. The fraction of sp³-hybridized carbons (Fsp3) is 0.429.